The van der Waals surface area contributed by atoms with Crippen LogP contribution in [0.25, 0.3) is 0 Å². The highest BCUT2D eigenvalue weighted by Gasteiger charge is 2.37. The van der Waals surface area contributed by atoms with Crippen LogP contribution in [0.15, 0.2) is 4.99 Å². The van der Waals surface area contributed by atoms with Crippen LogP contribution in [-0.4, -0.2) is 47.5 Å². The van der Waals surface area contributed by atoms with Crippen molar-refractivity contribution in [3.8, 4) is 0 Å². The normalized spacial score (nSPS) is 24.3. The predicted octanol–water partition coefficient (Wildman–Crippen LogP) is 3.11. The van der Waals surface area contributed by atoms with E-state index >= 15 is 0 Å². The van der Waals surface area contributed by atoms with Crippen LogP contribution in [0.2, 0.25) is 0 Å². The van der Waals surface area contributed by atoms with Crippen molar-refractivity contribution in [2.75, 3.05) is 31.9 Å². The summed E-state index contributed by atoms with van der Waals surface area (Å²) in [6.07, 6.45) is 8.12. The van der Waals surface area contributed by atoms with Gasteiger partial charge >= 0.3 is 0 Å². The minimum absolute atomic E-state index is 0.398. The lowest BCUT2D eigenvalue weighted by Gasteiger charge is -2.32. The maximum Gasteiger partial charge on any atom is 0.157 e. The largest absolute Gasteiger partial charge is 0.359 e. The van der Waals surface area contributed by atoms with E-state index in [-0.39, 0.29) is 0 Å². The van der Waals surface area contributed by atoms with E-state index in [2.05, 4.69) is 24.1 Å². The van der Waals surface area contributed by atoms with Gasteiger partial charge in [-0.05, 0) is 32.4 Å². The van der Waals surface area contributed by atoms with E-state index in [0.29, 0.717) is 5.54 Å². The number of hydrogen-bond acceptors (Lipinski definition) is 3. The topological polar surface area (TPSA) is 27.6 Å². The highest BCUT2D eigenvalue weighted by atomic mass is 32.2. The first-order chi connectivity index (χ1) is 9.28. The molecule has 0 aromatic rings. The Kier molecular flexibility index (Phi) is 6.02. The summed E-state index contributed by atoms with van der Waals surface area (Å²) < 4.78 is 0. The Bertz CT molecular complexity index is 298. The Morgan fingerprint density at radius 3 is 2.68 bits per heavy atom. The second kappa shape index (κ2) is 7.53. The highest BCUT2D eigenvalue weighted by molar-refractivity contribution is 8.14. The molecule has 110 valence electrons. The fourth-order valence-electron chi connectivity index (χ4n) is 3.13. The van der Waals surface area contributed by atoms with E-state index in [1.165, 1.54) is 56.0 Å². The molecule has 0 bridgehead atoms. The van der Waals surface area contributed by atoms with Crippen LogP contribution < -0.4 is 5.32 Å². The molecule has 2 aliphatic rings. The van der Waals surface area contributed by atoms with Gasteiger partial charge in [0, 0.05) is 17.8 Å². The second-order valence-electron chi connectivity index (χ2n) is 5.88. The Labute approximate surface area is 122 Å². The molecule has 1 aliphatic heterocycles. The summed E-state index contributed by atoms with van der Waals surface area (Å²) in [6.45, 7) is 8.87. The Morgan fingerprint density at radius 1 is 1.21 bits per heavy atom. The van der Waals surface area contributed by atoms with Crippen LogP contribution in [0, 0.1) is 0 Å². The SMILES string of the molecule is CCCN(CC)CCN=C1NC2(CCCCC2)CS1. The number of rotatable bonds is 6. The average Bonchev–Trinajstić information content (AvgIpc) is 2.81. The van der Waals surface area contributed by atoms with Gasteiger partial charge in [0.25, 0.3) is 0 Å². The maximum absolute atomic E-state index is 4.77. The monoisotopic (exact) mass is 283 g/mol. The smallest absolute Gasteiger partial charge is 0.157 e. The maximum atomic E-state index is 4.77. The van der Waals surface area contributed by atoms with E-state index in [4.69, 9.17) is 4.99 Å². The zero-order valence-corrected chi connectivity index (χ0v) is 13.4. The lowest BCUT2D eigenvalue weighted by Crippen LogP contribution is -2.45. The molecule has 1 saturated carbocycles. The van der Waals surface area contributed by atoms with Crippen molar-refractivity contribution in [1.29, 1.82) is 0 Å². The number of nitrogens with one attached hydrogen (secondary N) is 1. The average molecular weight is 283 g/mol. The summed E-state index contributed by atoms with van der Waals surface area (Å²) in [5, 5.41) is 4.93. The summed E-state index contributed by atoms with van der Waals surface area (Å²) in [4.78, 5) is 7.26. The first kappa shape index (κ1) is 15.2. The molecule has 3 nitrogen and oxygen atoms in total. The molecular formula is C15H29N3S. The first-order valence-corrected chi connectivity index (χ1v) is 8.94. The fourth-order valence-corrected chi connectivity index (χ4v) is 4.37. The van der Waals surface area contributed by atoms with Gasteiger partial charge in [0.1, 0.15) is 0 Å². The minimum Gasteiger partial charge on any atom is -0.359 e. The second-order valence-corrected chi connectivity index (χ2v) is 6.84. The highest BCUT2D eigenvalue weighted by Crippen LogP contribution is 2.35. The number of amidine groups is 1. The summed E-state index contributed by atoms with van der Waals surface area (Å²) in [5.41, 5.74) is 0.398. The van der Waals surface area contributed by atoms with Gasteiger partial charge in [0.15, 0.2) is 5.17 Å². The predicted molar refractivity (Wildman–Crippen MR) is 86.1 cm³/mol. The van der Waals surface area contributed by atoms with E-state index < -0.39 is 0 Å². The van der Waals surface area contributed by atoms with Gasteiger partial charge < -0.3 is 10.2 Å². The molecule has 1 N–H and O–H groups in total. The molecule has 4 heteroatoms. The van der Waals surface area contributed by atoms with Gasteiger partial charge in [0.2, 0.25) is 0 Å². The number of aliphatic imine (C=N–C) groups is 1. The van der Waals surface area contributed by atoms with Crippen molar-refractivity contribution < 1.29 is 0 Å². The van der Waals surface area contributed by atoms with Crippen molar-refractivity contribution in [3.05, 3.63) is 0 Å². The first-order valence-electron chi connectivity index (χ1n) is 7.96. The summed E-state index contributed by atoms with van der Waals surface area (Å²) in [5.74, 6) is 1.23. The summed E-state index contributed by atoms with van der Waals surface area (Å²) in [7, 11) is 0. The Hall–Kier alpha value is -0.220. The molecule has 0 amide bonds. The van der Waals surface area contributed by atoms with Crippen molar-refractivity contribution in [2.24, 2.45) is 4.99 Å². The van der Waals surface area contributed by atoms with Crippen LogP contribution in [-0.2, 0) is 0 Å². The standard InChI is InChI=1S/C15H29N3S/c1-3-11-18(4-2)12-10-16-14-17-15(13-19-14)8-6-5-7-9-15/h3-13H2,1-2H3,(H,16,17). The van der Waals surface area contributed by atoms with E-state index in [1.807, 2.05) is 11.8 Å². The molecule has 0 radical (unpaired) electrons. The molecule has 1 heterocycles. The lowest BCUT2D eigenvalue weighted by atomic mass is 9.83. The van der Waals surface area contributed by atoms with Gasteiger partial charge in [-0.15, -0.1) is 0 Å². The molecule has 0 unspecified atom stereocenters. The van der Waals surface area contributed by atoms with Crippen molar-refractivity contribution in [2.45, 2.75) is 57.9 Å². The molecule has 1 spiro atoms. The third-order valence-corrected chi connectivity index (χ3v) is 5.53. The molecule has 1 aliphatic carbocycles. The lowest BCUT2D eigenvalue weighted by molar-refractivity contribution is 0.295. The van der Waals surface area contributed by atoms with Gasteiger partial charge in [0.05, 0.1) is 6.54 Å². The molecule has 2 fully saturated rings. The van der Waals surface area contributed by atoms with Gasteiger partial charge in [-0.25, -0.2) is 0 Å². The summed E-state index contributed by atoms with van der Waals surface area (Å²) >= 11 is 1.94. The minimum atomic E-state index is 0.398. The molecule has 0 atom stereocenters. The summed E-state index contributed by atoms with van der Waals surface area (Å²) in [6, 6.07) is 0. The van der Waals surface area contributed by atoms with Crippen molar-refractivity contribution in [3.63, 3.8) is 0 Å². The van der Waals surface area contributed by atoms with Crippen molar-refractivity contribution >= 4 is 16.9 Å². The molecular weight excluding hydrogens is 254 g/mol. The molecule has 0 aromatic heterocycles. The Morgan fingerprint density at radius 2 is 2.00 bits per heavy atom. The van der Waals surface area contributed by atoms with Crippen LogP contribution in [0.4, 0.5) is 0 Å². The number of hydrogen-bond donors (Lipinski definition) is 1. The number of nitrogens with zero attached hydrogens (tertiary/aromatic N) is 2. The van der Waals surface area contributed by atoms with Crippen LogP contribution in [0.5, 0.6) is 0 Å². The fraction of sp³-hybridized carbons (Fsp3) is 0.933. The third kappa shape index (κ3) is 4.38. The zero-order valence-electron chi connectivity index (χ0n) is 12.6. The van der Waals surface area contributed by atoms with Crippen LogP contribution >= 0.6 is 11.8 Å². The Balaban J connectivity index is 1.75. The van der Waals surface area contributed by atoms with E-state index in [1.54, 1.807) is 0 Å². The van der Waals surface area contributed by atoms with Crippen molar-refractivity contribution in [1.82, 2.24) is 10.2 Å². The van der Waals surface area contributed by atoms with E-state index in [9.17, 15) is 0 Å². The van der Waals surface area contributed by atoms with Crippen LogP contribution in [0.1, 0.15) is 52.4 Å². The van der Waals surface area contributed by atoms with Gasteiger partial charge in [-0.1, -0.05) is 44.9 Å². The number of likely N-dealkylation sites (N-methyl/N-ethyl adjacent to an activating group) is 1. The molecule has 0 aromatic carbocycles. The van der Waals surface area contributed by atoms with Crippen LogP contribution in [0.3, 0.4) is 0 Å². The van der Waals surface area contributed by atoms with E-state index in [0.717, 1.165) is 19.6 Å². The molecule has 2 rings (SSSR count). The number of thioether (sulfide) groups is 1. The third-order valence-electron chi connectivity index (χ3n) is 4.33. The quantitative estimate of drug-likeness (QED) is 0.811. The van der Waals surface area contributed by atoms with Gasteiger partial charge in [-0.2, -0.15) is 0 Å². The zero-order chi connectivity index (χ0) is 13.6. The molecule has 19 heavy (non-hydrogen) atoms. The molecule has 1 saturated heterocycles. The van der Waals surface area contributed by atoms with Gasteiger partial charge in [-0.3, -0.25) is 4.99 Å².